The van der Waals surface area contributed by atoms with Crippen molar-refractivity contribution in [3.05, 3.63) is 54.9 Å². The fraction of sp³-hybridized carbons (Fsp3) is 0.500. The van der Waals surface area contributed by atoms with Crippen LogP contribution in [0.15, 0.2) is 49.3 Å². The summed E-state index contributed by atoms with van der Waals surface area (Å²) >= 11 is 0. The number of amides is 1. The highest BCUT2D eigenvalue weighted by atomic mass is 32.2. The predicted octanol–water partition coefficient (Wildman–Crippen LogP) is 3.70. The van der Waals surface area contributed by atoms with Gasteiger partial charge >= 0.3 is 0 Å². The van der Waals surface area contributed by atoms with E-state index in [2.05, 4.69) is 38.9 Å². The van der Waals surface area contributed by atoms with E-state index in [1.807, 2.05) is 22.1 Å². The zero-order valence-corrected chi connectivity index (χ0v) is 26.5. The molecule has 0 unspecified atom stereocenters. The molecule has 240 valence electrons. The Morgan fingerprint density at radius 1 is 1.09 bits per heavy atom. The molecule has 13 heteroatoms. The summed E-state index contributed by atoms with van der Waals surface area (Å²) in [6, 6.07) is 8.00. The van der Waals surface area contributed by atoms with Crippen LogP contribution in [-0.4, -0.2) is 105 Å². The molecule has 3 aromatic rings. The number of carbonyl (C=O) groups is 1. The van der Waals surface area contributed by atoms with E-state index >= 15 is 0 Å². The molecule has 3 saturated heterocycles. The van der Waals surface area contributed by atoms with Gasteiger partial charge in [-0.1, -0.05) is 12.6 Å². The van der Waals surface area contributed by atoms with Crippen molar-refractivity contribution in [1.29, 1.82) is 0 Å². The Bertz CT molecular complexity index is 1680. The standard InChI is InChI=1S/C32H40FN7O4S/c1-4-31(41)38-12-5-6-22(18-38)23-7-8-27(40-16-21(17-40)20-45(3,42)43)25-15-35-30(14-24(23)25)36-29-9-11-34-32(37-29)39-13-10-28(44-2)26(33)19-39/h4,7-9,11,14-15,21-22,26,28H,1,5-6,10,12-13,16-20H2,2-3H3,(H,34,35,36,37)/t22-,26+,28-/m1/s1. The van der Waals surface area contributed by atoms with Gasteiger partial charge in [0.25, 0.3) is 0 Å². The van der Waals surface area contributed by atoms with Crippen LogP contribution >= 0.6 is 0 Å². The van der Waals surface area contributed by atoms with Crippen molar-refractivity contribution in [3.8, 4) is 0 Å². The number of nitrogens with one attached hydrogen (secondary N) is 1. The van der Waals surface area contributed by atoms with E-state index in [0.29, 0.717) is 56.7 Å². The quantitative estimate of drug-likeness (QED) is 0.348. The molecule has 0 bridgehead atoms. The molecule has 6 rings (SSSR count). The van der Waals surface area contributed by atoms with E-state index in [-0.39, 0.29) is 30.0 Å². The second-order valence-electron chi connectivity index (χ2n) is 12.4. The maximum atomic E-state index is 14.6. The van der Waals surface area contributed by atoms with Crippen molar-refractivity contribution < 1.29 is 22.3 Å². The van der Waals surface area contributed by atoms with E-state index in [1.165, 1.54) is 19.4 Å². The molecule has 3 aliphatic rings. The third-order valence-corrected chi connectivity index (χ3v) is 10.1. The Morgan fingerprint density at radius 3 is 2.64 bits per heavy atom. The number of carbonyl (C=O) groups excluding carboxylic acids is 1. The summed E-state index contributed by atoms with van der Waals surface area (Å²) in [5.41, 5.74) is 2.14. The average molecular weight is 638 g/mol. The monoisotopic (exact) mass is 637 g/mol. The van der Waals surface area contributed by atoms with Gasteiger partial charge in [0.15, 0.2) is 0 Å². The Balaban J connectivity index is 1.29. The van der Waals surface area contributed by atoms with Gasteiger partial charge in [0.05, 0.1) is 18.4 Å². The largest absolute Gasteiger partial charge is 0.378 e. The SMILES string of the molecule is C=CC(=O)N1CCC[C@@H](c2ccc(N3CC(CS(C)(=O)=O)C3)c3cnc(Nc4ccnc(N5CC[C@@H](OC)[C@@H](F)C5)n4)cc23)C1. The fourth-order valence-electron chi connectivity index (χ4n) is 6.84. The molecule has 45 heavy (non-hydrogen) atoms. The van der Waals surface area contributed by atoms with Gasteiger partial charge in [-0.3, -0.25) is 4.79 Å². The molecule has 5 heterocycles. The number of benzene rings is 1. The highest BCUT2D eigenvalue weighted by molar-refractivity contribution is 7.90. The molecule has 0 radical (unpaired) electrons. The lowest BCUT2D eigenvalue weighted by Gasteiger charge is -2.41. The minimum atomic E-state index is -3.04. The number of aromatic nitrogens is 3. The van der Waals surface area contributed by atoms with E-state index in [1.54, 1.807) is 12.3 Å². The summed E-state index contributed by atoms with van der Waals surface area (Å²) in [5.74, 6) is 1.93. The van der Waals surface area contributed by atoms with Crippen molar-refractivity contribution in [2.45, 2.75) is 37.5 Å². The number of methoxy groups -OCH3 is 1. The summed E-state index contributed by atoms with van der Waals surface area (Å²) in [4.78, 5) is 32.1. The van der Waals surface area contributed by atoms with Crippen LogP contribution in [-0.2, 0) is 19.4 Å². The highest BCUT2D eigenvalue weighted by Crippen LogP contribution is 2.39. The van der Waals surface area contributed by atoms with Gasteiger partial charge in [-0.2, -0.15) is 4.98 Å². The first-order chi connectivity index (χ1) is 21.6. The topological polar surface area (TPSA) is 121 Å². The van der Waals surface area contributed by atoms with E-state index in [0.717, 1.165) is 34.9 Å². The molecule has 0 aliphatic carbocycles. The van der Waals surface area contributed by atoms with Crippen LogP contribution in [0.4, 0.5) is 27.7 Å². The van der Waals surface area contributed by atoms with Gasteiger partial charge in [0.2, 0.25) is 11.9 Å². The van der Waals surface area contributed by atoms with Gasteiger partial charge in [-0.15, -0.1) is 0 Å². The van der Waals surface area contributed by atoms with Crippen LogP contribution in [0, 0.1) is 5.92 Å². The summed E-state index contributed by atoms with van der Waals surface area (Å²) in [6.07, 6.45) is 7.01. The number of hydrogen-bond acceptors (Lipinski definition) is 10. The van der Waals surface area contributed by atoms with Crippen molar-refractivity contribution in [2.75, 3.05) is 73.5 Å². The van der Waals surface area contributed by atoms with E-state index in [4.69, 9.17) is 9.72 Å². The lowest BCUT2D eigenvalue weighted by Crippen LogP contribution is -2.49. The minimum Gasteiger partial charge on any atom is -0.378 e. The molecule has 1 amide bonds. The fourth-order valence-corrected chi connectivity index (χ4v) is 7.91. The molecular formula is C32H40FN7O4S. The normalized spacial score (nSPS) is 22.7. The number of nitrogens with zero attached hydrogens (tertiary/aromatic N) is 6. The minimum absolute atomic E-state index is 0.0627. The molecular weight excluding hydrogens is 597 g/mol. The molecule has 11 nitrogen and oxygen atoms in total. The predicted molar refractivity (Wildman–Crippen MR) is 174 cm³/mol. The van der Waals surface area contributed by atoms with Crippen LogP contribution in [0.3, 0.4) is 0 Å². The summed E-state index contributed by atoms with van der Waals surface area (Å²) in [5, 5.41) is 5.31. The van der Waals surface area contributed by atoms with Gasteiger partial charge in [-0.25, -0.2) is 22.8 Å². The number of alkyl halides is 1. The van der Waals surface area contributed by atoms with Crippen LogP contribution < -0.4 is 15.1 Å². The highest BCUT2D eigenvalue weighted by Gasteiger charge is 2.33. The number of sulfone groups is 1. The summed E-state index contributed by atoms with van der Waals surface area (Å²) in [6.45, 7) is 7.07. The number of likely N-dealkylation sites (tertiary alicyclic amines) is 1. The molecule has 3 fully saturated rings. The van der Waals surface area contributed by atoms with Crippen LogP contribution in [0.25, 0.3) is 10.8 Å². The molecule has 3 atom stereocenters. The molecule has 0 spiro atoms. The van der Waals surface area contributed by atoms with Gasteiger partial charge in [0.1, 0.15) is 27.6 Å². The number of ether oxygens (including phenoxy) is 1. The van der Waals surface area contributed by atoms with Crippen LogP contribution in [0.1, 0.15) is 30.7 Å². The van der Waals surface area contributed by atoms with Gasteiger partial charge in [0, 0.05) is 81.4 Å². The number of hydrogen-bond donors (Lipinski definition) is 1. The second kappa shape index (κ2) is 12.9. The van der Waals surface area contributed by atoms with E-state index in [9.17, 15) is 17.6 Å². The molecule has 3 aliphatic heterocycles. The Hall–Kier alpha value is -3.84. The lowest BCUT2D eigenvalue weighted by atomic mass is 9.86. The van der Waals surface area contributed by atoms with Gasteiger partial charge in [-0.05, 0) is 54.5 Å². The lowest BCUT2D eigenvalue weighted by molar-refractivity contribution is -0.127. The van der Waals surface area contributed by atoms with Crippen molar-refractivity contribution in [3.63, 3.8) is 0 Å². The number of piperidine rings is 2. The Labute approximate surface area is 263 Å². The number of fused-ring (bicyclic) bond motifs is 1. The average Bonchev–Trinajstić information content (AvgIpc) is 3.01. The molecule has 1 aromatic carbocycles. The third-order valence-electron chi connectivity index (χ3n) is 9.06. The number of halogens is 1. The molecule has 0 saturated carbocycles. The first-order valence-corrected chi connectivity index (χ1v) is 17.5. The maximum Gasteiger partial charge on any atom is 0.245 e. The summed E-state index contributed by atoms with van der Waals surface area (Å²) in [7, 11) is -1.51. The van der Waals surface area contributed by atoms with Crippen LogP contribution in [0.2, 0.25) is 0 Å². The first kappa shape index (κ1) is 31.2. The van der Waals surface area contributed by atoms with Crippen LogP contribution in [0.5, 0.6) is 0 Å². The Kier molecular flexibility index (Phi) is 8.91. The van der Waals surface area contributed by atoms with Crippen molar-refractivity contribution in [2.24, 2.45) is 5.92 Å². The number of pyridine rings is 1. The van der Waals surface area contributed by atoms with Crippen molar-refractivity contribution in [1.82, 2.24) is 19.9 Å². The summed E-state index contributed by atoms with van der Waals surface area (Å²) < 4.78 is 43.5. The zero-order valence-electron chi connectivity index (χ0n) is 25.7. The Morgan fingerprint density at radius 2 is 1.91 bits per heavy atom. The maximum absolute atomic E-state index is 14.6. The first-order valence-electron chi connectivity index (χ1n) is 15.4. The smallest absolute Gasteiger partial charge is 0.245 e. The van der Waals surface area contributed by atoms with E-state index < -0.39 is 22.1 Å². The number of rotatable bonds is 9. The second-order valence-corrected chi connectivity index (χ2v) is 14.6. The van der Waals surface area contributed by atoms with Crippen molar-refractivity contribution >= 4 is 49.8 Å². The zero-order chi connectivity index (χ0) is 31.7. The molecule has 1 N–H and O–H groups in total. The third kappa shape index (κ3) is 6.89. The van der Waals surface area contributed by atoms with Gasteiger partial charge < -0.3 is 24.8 Å². The molecule has 2 aromatic heterocycles. The number of anilines is 4.